The van der Waals surface area contributed by atoms with Crippen molar-refractivity contribution in [3.05, 3.63) is 81.5 Å². The molecule has 3 aliphatic rings. The van der Waals surface area contributed by atoms with Crippen LogP contribution in [-0.2, 0) is 26.2 Å². The van der Waals surface area contributed by atoms with Crippen molar-refractivity contribution in [2.45, 2.75) is 45.7 Å². The Morgan fingerprint density at radius 1 is 0.750 bits per heavy atom. The first-order chi connectivity index (χ1) is 10.7. The molecule has 0 aromatic heterocycles. The molecule has 128 valence electrons. The smallest absolute Gasteiger partial charge is 0.505 e. The van der Waals surface area contributed by atoms with Gasteiger partial charge in [-0.05, 0) is 64.2 Å². The van der Waals surface area contributed by atoms with Crippen LogP contribution >= 0.6 is 0 Å². The van der Waals surface area contributed by atoms with Crippen LogP contribution in [0.5, 0.6) is 0 Å². The van der Waals surface area contributed by atoms with E-state index >= 15 is 0 Å². The van der Waals surface area contributed by atoms with E-state index in [2.05, 4.69) is 51.4 Å². The standard InChI is InChI=1S/C11H22Si2.2C5H5.Zr/c1-12(2,3)9-11(10-7-8-10)13(4,5)6;2*1-2-4-5-3-1;/h7,10H,8H2,1-6H3;2*1-5H;/q-2;;;+2. The minimum absolute atomic E-state index is 0. The number of rotatable bonds is 3. The van der Waals surface area contributed by atoms with Crippen LogP contribution in [0.3, 0.4) is 0 Å². The van der Waals surface area contributed by atoms with Crippen molar-refractivity contribution in [2.75, 3.05) is 0 Å². The molecule has 24 heavy (non-hydrogen) atoms. The maximum absolute atomic E-state index is 3.84. The summed E-state index contributed by atoms with van der Waals surface area (Å²) < 4.78 is 0. The van der Waals surface area contributed by atoms with Gasteiger partial charge in [-0.25, -0.2) is 12.3 Å². The minimum atomic E-state index is -1.13. The van der Waals surface area contributed by atoms with E-state index in [0.717, 1.165) is 5.92 Å². The third kappa shape index (κ3) is 13.3. The molecule has 0 saturated heterocycles. The zero-order chi connectivity index (χ0) is 17.3. The largest absolute Gasteiger partial charge is 2.00 e. The minimum Gasteiger partial charge on any atom is -0.505 e. The van der Waals surface area contributed by atoms with Gasteiger partial charge in [0.15, 0.2) is 0 Å². The first-order valence-corrected chi connectivity index (χ1v) is 15.5. The van der Waals surface area contributed by atoms with Crippen LogP contribution in [-0.4, -0.2) is 16.1 Å². The maximum Gasteiger partial charge on any atom is 2.00 e. The molecule has 0 N–H and O–H groups in total. The average molecular weight is 432 g/mol. The molecule has 0 aromatic carbocycles. The van der Waals surface area contributed by atoms with Crippen molar-refractivity contribution >= 4 is 16.1 Å². The summed E-state index contributed by atoms with van der Waals surface area (Å²) in [5.74, 6) is 0.818. The van der Waals surface area contributed by atoms with Gasteiger partial charge in [-0.1, -0.05) is 39.3 Å². The number of allylic oxidation sites excluding steroid dienone is 1. The van der Waals surface area contributed by atoms with Crippen LogP contribution in [0.15, 0.2) is 5.20 Å². The van der Waals surface area contributed by atoms with Gasteiger partial charge in [0.05, 0.1) is 0 Å². The van der Waals surface area contributed by atoms with Crippen molar-refractivity contribution < 1.29 is 26.2 Å². The SMILES string of the molecule is C[Si](C)(C)[C-]=C(C1[CH-]C1)[Si](C)(C)C.[CH]1[CH][CH][CH][CH]1.[CH]1[CH][CH][CH][CH]1.[Zr+2]. The molecule has 3 aliphatic carbocycles. The first-order valence-electron chi connectivity index (χ1n) is 8.52. The Bertz CT molecular complexity index is 313. The van der Waals surface area contributed by atoms with E-state index in [0.29, 0.717) is 0 Å². The van der Waals surface area contributed by atoms with E-state index in [4.69, 9.17) is 0 Å². The van der Waals surface area contributed by atoms with Gasteiger partial charge in [-0.3, -0.25) is 5.20 Å². The van der Waals surface area contributed by atoms with E-state index in [-0.39, 0.29) is 26.2 Å². The summed E-state index contributed by atoms with van der Waals surface area (Å²) in [4.78, 5) is 0. The Balaban J connectivity index is 0.000000393. The number of hydrogen-bond donors (Lipinski definition) is 0. The predicted octanol–water partition coefficient (Wildman–Crippen LogP) is 5.74. The van der Waals surface area contributed by atoms with Crippen molar-refractivity contribution in [1.82, 2.24) is 0 Å². The summed E-state index contributed by atoms with van der Waals surface area (Å²) in [6.45, 7) is 14.5. The second-order valence-electron chi connectivity index (χ2n) is 8.04. The molecule has 0 amide bonds. The van der Waals surface area contributed by atoms with E-state index in [1.54, 1.807) is 5.20 Å². The molecule has 1 atom stereocenters. The van der Waals surface area contributed by atoms with E-state index in [1.165, 1.54) is 6.42 Å². The van der Waals surface area contributed by atoms with E-state index in [9.17, 15) is 0 Å². The molecule has 10 radical (unpaired) electrons. The van der Waals surface area contributed by atoms with Crippen molar-refractivity contribution in [2.24, 2.45) is 5.92 Å². The molecule has 0 heterocycles. The Labute approximate surface area is 174 Å². The Morgan fingerprint density at radius 3 is 1.21 bits per heavy atom. The van der Waals surface area contributed by atoms with E-state index in [1.807, 2.05) is 64.2 Å². The molecule has 0 nitrogen and oxygen atoms in total. The molecule has 0 bridgehead atoms. The summed E-state index contributed by atoms with van der Waals surface area (Å²) in [6, 6.07) is 0. The summed E-state index contributed by atoms with van der Waals surface area (Å²) in [5, 5.41) is 1.70. The maximum atomic E-state index is 3.84. The zero-order valence-electron chi connectivity index (χ0n) is 16.1. The average Bonchev–Trinajstić information content (AvgIpc) is 2.93. The molecule has 3 rings (SSSR count). The third-order valence-electron chi connectivity index (χ3n) is 3.27. The fourth-order valence-electron chi connectivity index (χ4n) is 2.19. The Kier molecular flexibility index (Phi) is 13.0. The van der Waals surface area contributed by atoms with Crippen molar-refractivity contribution in [3.63, 3.8) is 0 Å². The van der Waals surface area contributed by atoms with Crippen LogP contribution in [0.2, 0.25) is 39.3 Å². The van der Waals surface area contributed by atoms with Gasteiger partial charge in [0.25, 0.3) is 0 Å². The third-order valence-corrected chi connectivity index (χ3v) is 6.65. The summed E-state index contributed by atoms with van der Waals surface area (Å²) in [6.07, 6.45) is 23.7. The Hall–Kier alpha value is 1.06. The summed E-state index contributed by atoms with van der Waals surface area (Å²) >= 11 is 0. The normalized spacial score (nSPS) is 23.4. The molecule has 0 aliphatic heterocycles. The molecule has 3 fully saturated rings. The first kappa shape index (κ1) is 25.1. The van der Waals surface area contributed by atoms with Gasteiger partial charge >= 0.3 is 26.2 Å². The molecule has 3 saturated carbocycles. The van der Waals surface area contributed by atoms with Crippen molar-refractivity contribution in [3.8, 4) is 0 Å². The van der Waals surface area contributed by atoms with Gasteiger partial charge in [0, 0.05) is 8.07 Å². The molecular formula is C21H32Si2Zr. The van der Waals surface area contributed by atoms with Gasteiger partial charge in [0.1, 0.15) is 0 Å². The molecular weight excluding hydrogens is 400 g/mol. The topological polar surface area (TPSA) is 0 Å². The monoisotopic (exact) mass is 430 g/mol. The van der Waals surface area contributed by atoms with Crippen LogP contribution in [0, 0.1) is 82.2 Å². The van der Waals surface area contributed by atoms with Gasteiger partial charge in [-0.15, -0.1) is 8.07 Å². The second-order valence-corrected chi connectivity index (χ2v) is 17.8. The summed E-state index contributed by atoms with van der Waals surface area (Å²) in [5.41, 5.74) is 3.84. The van der Waals surface area contributed by atoms with Crippen LogP contribution in [0.1, 0.15) is 6.42 Å². The van der Waals surface area contributed by atoms with Gasteiger partial charge in [-0.2, -0.15) is 0 Å². The molecule has 3 heteroatoms. The molecule has 0 spiro atoms. The number of hydrogen-bond acceptors (Lipinski definition) is 0. The Morgan fingerprint density at radius 2 is 1.04 bits per heavy atom. The summed E-state index contributed by atoms with van der Waals surface area (Å²) in [7, 11) is -2.21. The van der Waals surface area contributed by atoms with Crippen LogP contribution < -0.4 is 0 Å². The fraction of sp³-hybridized carbons (Fsp3) is 0.381. The zero-order valence-corrected chi connectivity index (χ0v) is 20.6. The quantitative estimate of drug-likeness (QED) is 0.395. The van der Waals surface area contributed by atoms with Crippen molar-refractivity contribution in [1.29, 1.82) is 0 Å². The van der Waals surface area contributed by atoms with Crippen LogP contribution in [0.4, 0.5) is 0 Å². The second kappa shape index (κ2) is 12.4. The van der Waals surface area contributed by atoms with Gasteiger partial charge < -0.3 is 12.1 Å². The fourth-order valence-corrected chi connectivity index (χ4v) is 7.15. The molecule has 0 aromatic rings. The molecule has 1 unspecified atom stereocenters. The van der Waals surface area contributed by atoms with E-state index < -0.39 is 16.1 Å². The van der Waals surface area contributed by atoms with Crippen LogP contribution in [0.25, 0.3) is 0 Å². The van der Waals surface area contributed by atoms with Gasteiger partial charge in [0.2, 0.25) is 0 Å². The predicted molar refractivity (Wildman–Crippen MR) is 109 cm³/mol.